The van der Waals surface area contributed by atoms with Gasteiger partial charge >= 0.3 is 0 Å². The van der Waals surface area contributed by atoms with Crippen molar-refractivity contribution in [3.8, 4) is 28.8 Å². The topological polar surface area (TPSA) is 66.4 Å². The van der Waals surface area contributed by atoms with Crippen molar-refractivity contribution in [3.05, 3.63) is 71.5 Å². The lowest BCUT2D eigenvalue weighted by Gasteiger charge is -2.11. The molecule has 0 amide bonds. The minimum absolute atomic E-state index is 0.359. The van der Waals surface area contributed by atoms with Crippen LogP contribution in [0, 0.1) is 0 Å². The Morgan fingerprint density at radius 3 is 2.45 bits per heavy atom. The van der Waals surface area contributed by atoms with Crippen LogP contribution in [-0.4, -0.2) is 29.2 Å². The first-order valence-corrected chi connectivity index (χ1v) is 9.26. The van der Waals surface area contributed by atoms with E-state index in [0.29, 0.717) is 40.2 Å². The lowest BCUT2D eigenvalue weighted by atomic mass is 10.1. The predicted molar refractivity (Wildman–Crippen MR) is 112 cm³/mol. The average molecular weight is 408 g/mol. The molecular formula is C22H18ClN3O3. The van der Waals surface area contributed by atoms with Crippen molar-refractivity contribution in [1.29, 1.82) is 0 Å². The molecule has 2 aromatic carbocycles. The predicted octanol–water partition coefficient (Wildman–Crippen LogP) is 4.94. The molecule has 0 N–H and O–H groups in total. The summed E-state index contributed by atoms with van der Waals surface area (Å²) in [6.45, 7) is 0.359. The number of hydrogen-bond donors (Lipinski definition) is 0. The molecule has 0 saturated carbocycles. The number of aromatic nitrogens is 3. The maximum atomic E-state index is 6.28. The zero-order chi connectivity index (χ0) is 20.2. The molecule has 2 heterocycles. The van der Waals surface area contributed by atoms with Gasteiger partial charge in [0.25, 0.3) is 0 Å². The summed E-state index contributed by atoms with van der Waals surface area (Å²) in [4.78, 5) is 13.3. The third-order valence-corrected chi connectivity index (χ3v) is 4.56. The van der Waals surface area contributed by atoms with E-state index in [1.807, 2.05) is 42.5 Å². The summed E-state index contributed by atoms with van der Waals surface area (Å²) in [5.41, 5.74) is 2.30. The third kappa shape index (κ3) is 4.22. The molecule has 0 aliphatic rings. The van der Waals surface area contributed by atoms with Crippen molar-refractivity contribution < 1.29 is 14.2 Å². The highest BCUT2D eigenvalue weighted by Crippen LogP contribution is 2.31. The molecule has 29 heavy (non-hydrogen) atoms. The third-order valence-electron chi connectivity index (χ3n) is 4.34. The summed E-state index contributed by atoms with van der Waals surface area (Å²) in [6, 6.07) is 15.1. The van der Waals surface area contributed by atoms with Crippen molar-refractivity contribution >= 4 is 22.5 Å². The van der Waals surface area contributed by atoms with Crippen LogP contribution >= 0.6 is 11.6 Å². The number of nitrogens with zero attached hydrogens (tertiary/aromatic N) is 3. The number of ether oxygens (including phenoxy) is 3. The quantitative estimate of drug-likeness (QED) is 0.451. The molecule has 2 aromatic heterocycles. The van der Waals surface area contributed by atoms with Gasteiger partial charge in [0.15, 0.2) is 11.6 Å². The summed E-state index contributed by atoms with van der Waals surface area (Å²) in [5, 5.41) is 1.45. The Labute approximate surface area is 173 Å². The molecule has 6 nitrogen and oxygen atoms in total. The summed E-state index contributed by atoms with van der Waals surface area (Å²) in [5.74, 6) is 2.45. The molecule has 7 heteroatoms. The van der Waals surface area contributed by atoms with E-state index in [2.05, 4.69) is 9.97 Å². The van der Waals surface area contributed by atoms with Gasteiger partial charge in [-0.2, -0.15) is 0 Å². The maximum Gasteiger partial charge on any atom is 0.178 e. The van der Waals surface area contributed by atoms with Crippen LogP contribution in [0.15, 0.2) is 60.9 Å². The van der Waals surface area contributed by atoms with Crippen LogP contribution in [-0.2, 0) is 6.61 Å². The van der Waals surface area contributed by atoms with Crippen LogP contribution in [0.4, 0.5) is 0 Å². The number of rotatable bonds is 6. The van der Waals surface area contributed by atoms with Gasteiger partial charge in [-0.3, -0.25) is 0 Å². The van der Waals surface area contributed by atoms with E-state index in [9.17, 15) is 0 Å². The number of methoxy groups -OCH3 is 2. The van der Waals surface area contributed by atoms with Gasteiger partial charge in [0.2, 0.25) is 0 Å². The van der Waals surface area contributed by atoms with Gasteiger partial charge in [-0.05, 0) is 29.8 Å². The molecule has 0 fully saturated rings. The van der Waals surface area contributed by atoms with Crippen LogP contribution < -0.4 is 14.2 Å². The molecule has 0 aliphatic carbocycles. The van der Waals surface area contributed by atoms with Crippen LogP contribution in [0.1, 0.15) is 5.56 Å². The first kappa shape index (κ1) is 19.0. The molecule has 0 unspecified atom stereocenters. The van der Waals surface area contributed by atoms with Crippen molar-refractivity contribution in [2.45, 2.75) is 6.61 Å². The molecule has 0 saturated heterocycles. The number of halogens is 1. The van der Waals surface area contributed by atoms with Gasteiger partial charge in [0.05, 0.1) is 26.6 Å². The highest BCUT2D eigenvalue weighted by atomic mass is 35.5. The number of fused-ring (bicyclic) bond motifs is 1. The Bertz CT molecular complexity index is 1150. The van der Waals surface area contributed by atoms with Crippen molar-refractivity contribution in [3.63, 3.8) is 0 Å². The lowest BCUT2D eigenvalue weighted by molar-refractivity contribution is 0.308. The summed E-state index contributed by atoms with van der Waals surface area (Å²) in [7, 11) is 3.21. The smallest absolute Gasteiger partial charge is 0.178 e. The van der Waals surface area contributed by atoms with Crippen molar-refractivity contribution in [1.82, 2.24) is 15.0 Å². The first-order chi connectivity index (χ1) is 14.2. The fourth-order valence-corrected chi connectivity index (χ4v) is 3.10. The van der Waals surface area contributed by atoms with E-state index >= 15 is 0 Å². The molecule has 0 spiro atoms. The summed E-state index contributed by atoms with van der Waals surface area (Å²) >= 11 is 6.28. The number of hydrogen-bond acceptors (Lipinski definition) is 6. The van der Waals surface area contributed by atoms with E-state index < -0.39 is 0 Å². The molecule has 146 valence electrons. The van der Waals surface area contributed by atoms with Crippen LogP contribution in [0.2, 0.25) is 5.02 Å². The second-order valence-electron chi connectivity index (χ2n) is 6.26. The van der Waals surface area contributed by atoms with E-state index in [1.54, 1.807) is 32.7 Å². The van der Waals surface area contributed by atoms with E-state index in [0.717, 1.165) is 16.7 Å². The molecular weight excluding hydrogens is 390 g/mol. The first-order valence-electron chi connectivity index (χ1n) is 8.89. The van der Waals surface area contributed by atoms with Crippen molar-refractivity contribution in [2.24, 2.45) is 0 Å². The van der Waals surface area contributed by atoms with Gasteiger partial charge in [-0.1, -0.05) is 29.8 Å². The summed E-state index contributed by atoms with van der Waals surface area (Å²) in [6.07, 6.45) is 3.21. The van der Waals surface area contributed by atoms with Gasteiger partial charge < -0.3 is 14.2 Å². The van der Waals surface area contributed by atoms with Crippen molar-refractivity contribution in [2.75, 3.05) is 14.2 Å². The molecule has 4 rings (SSSR count). The molecule has 0 atom stereocenters. The minimum atomic E-state index is 0.359. The fourth-order valence-electron chi connectivity index (χ4n) is 2.88. The van der Waals surface area contributed by atoms with Crippen LogP contribution in [0.5, 0.6) is 17.2 Å². The normalized spacial score (nSPS) is 10.7. The number of pyridine rings is 1. The zero-order valence-electron chi connectivity index (χ0n) is 15.9. The lowest BCUT2D eigenvalue weighted by Crippen LogP contribution is -1.99. The second-order valence-corrected chi connectivity index (χ2v) is 6.70. The maximum absolute atomic E-state index is 6.28. The Kier molecular flexibility index (Phi) is 5.44. The monoisotopic (exact) mass is 407 g/mol. The molecule has 4 aromatic rings. The van der Waals surface area contributed by atoms with Gasteiger partial charge in [0, 0.05) is 16.5 Å². The zero-order valence-corrected chi connectivity index (χ0v) is 16.7. The Morgan fingerprint density at radius 1 is 0.897 bits per heavy atom. The Morgan fingerprint density at radius 2 is 1.69 bits per heavy atom. The SMILES string of the molecule is COc1cnc(-c2ccc3cc(Cl)cc(OCc4cccc(OC)c4)c3n2)nc1. The molecule has 0 bridgehead atoms. The second kappa shape index (κ2) is 8.32. The highest BCUT2D eigenvalue weighted by Gasteiger charge is 2.11. The van der Waals surface area contributed by atoms with E-state index in [-0.39, 0.29) is 0 Å². The average Bonchev–Trinajstić information content (AvgIpc) is 2.77. The minimum Gasteiger partial charge on any atom is -0.497 e. The molecule has 0 aliphatic heterocycles. The Hall–Kier alpha value is -3.38. The molecule has 0 radical (unpaired) electrons. The standard InChI is InChI=1S/C22H18ClN3O3/c1-27-17-5-3-4-14(8-17)13-29-20-10-16(23)9-15-6-7-19(26-21(15)20)22-24-11-18(28-2)12-25-22/h3-12H,13H2,1-2H3. The fraction of sp³-hybridized carbons (Fsp3) is 0.136. The highest BCUT2D eigenvalue weighted by molar-refractivity contribution is 6.31. The van der Waals surface area contributed by atoms with E-state index in [1.165, 1.54) is 0 Å². The number of benzene rings is 2. The van der Waals surface area contributed by atoms with E-state index in [4.69, 9.17) is 30.8 Å². The Balaban J connectivity index is 1.68. The van der Waals surface area contributed by atoms with Crippen LogP contribution in [0.25, 0.3) is 22.4 Å². The summed E-state index contributed by atoms with van der Waals surface area (Å²) < 4.78 is 16.4. The van der Waals surface area contributed by atoms with Gasteiger partial charge in [0.1, 0.15) is 29.3 Å². The van der Waals surface area contributed by atoms with Crippen LogP contribution in [0.3, 0.4) is 0 Å². The van der Waals surface area contributed by atoms with Gasteiger partial charge in [-0.15, -0.1) is 0 Å². The largest absolute Gasteiger partial charge is 0.497 e. The van der Waals surface area contributed by atoms with Gasteiger partial charge in [-0.25, -0.2) is 15.0 Å².